The third-order valence-corrected chi connectivity index (χ3v) is 24.8. The van der Waals surface area contributed by atoms with Crippen LogP contribution in [-0.4, -0.2) is 367 Å². The molecule has 39 heteroatoms. The van der Waals surface area contributed by atoms with Crippen molar-refractivity contribution in [2.45, 2.75) is 82.4 Å². The van der Waals surface area contributed by atoms with E-state index < -0.39 is 20.4 Å². The lowest BCUT2D eigenvalue weighted by molar-refractivity contribution is -0.742. The number of piperazine rings is 7. The number of carbonyl (C=O) groups is 2. The van der Waals surface area contributed by atoms with E-state index in [4.69, 9.17) is 71.6 Å². The summed E-state index contributed by atoms with van der Waals surface area (Å²) >= 11 is 0. The minimum atomic E-state index is -4.67. The maximum absolute atomic E-state index is 11.0. The van der Waals surface area contributed by atoms with Crippen molar-refractivity contribution in [3.8, 4) is 0 Å². The zero-order valence-electron chi connectivity index (χ0n) is 82.4. The molecule has 2 amide bonds. The Bertz CT molecular complexity index is 5560. The second-order valence-corrected chi connectivity index (χ2v) is 36.1. The number of nitrogens with zero attached hydrogens (tertiary/aromatic N) is 15. The van der Waals surface area contributed by atoms with Crippen LogP contribution < -0.4 is 36.0 Å². The number of non-ortho nitro benzene ring substituents is 1. The van der Waals surface area contributed by atoms with Crippen LogP contribution >= 0.6 is 13.5 Å². The lowest BCUT2D eigenvalue weighted by Gasteiger charge is -2.42. The predicted octanol–water partition coefficient (Wildman–Crippen LogP) is 9.40. The topological polar surface area (TPSA) is 421 Å². The molecule has 144 heavy (non-hydrogen) atoms. The zero-order chi connectivity index (χ0) is 101. The molecule has 7 saturated heterocycles. The first kappa shape index (κ1) is 118. The second-order valence-electron chi connectivity index (χ2n) is 35.2. The van der Waals surface area contributed by atoms with Gasteiger partial charge in [0, 0.05) is 246 Å². The number of aliphatic hydroxyl groups is 2. The first-order valence-electron chi connectivity index (χ1n) is 47.9. The van der Waals surface area contributed by atoms with Gasteiger partial charge in [0.1, 0.15) is 17.5 Å². The van der Waals surface area contributed by atoms with E-state index in [1.54, 1.807) is 52.6 Å². The molecule has 9 N–H and O–H groups in total. The Labute approximate surface area is 853 Å². The Morgan fingerprint density at radius 3 is 1.08 bits per heavy atom. The number of anilines is 3. The number of hydrogen-bond donors (Lipinski definition) is 9. The molecule has 0 aliphatic carbocycles. The molecule has 7 atom stereocenters. The minimum Gasteiger partial charge on any atom is -0.395 e. The summed E-state index contributed by atoms with van der Waals surface area (Å²) in [6.07, 6.45) is 1.77. The SMILES string of the molecule is C.COC[C@@H]1CN(Cc2ccccc2)CCN1.COC[C@@H]1CN(Cc2ccccc2)CCN1C=O.COC[C@@H]1CN(Cc2ccccc2)CCN1c1ccc2ccccc2n1.COC[C@@H]1CNCCN1c1ccc2cc([N+](=O)[O-])ccc2n1.COC[C@@H]1CNCCN1c1ccc2ccccc2n1.O=CN1CCN(Cc2ccccc2)C[C@H]1CO.O=S(=O)(O)O.O=[N+]([O-])O.OC[C@@H]1CN(Cc2ccccc2)CCN1.S. The molecule has 0 spiro atoms. The van der Waals surface area contributed by atoms with Gasteiger partial charge in [0.05, 0.1) is 97.9 Å². The Hall–Kier alpha value is -11.5. The maximum Gasteiger partial charge on any atom is 0.394 e. The van der Waals surface area contributed by atoms with Crippen molar-refractivity contribution in [2.75, 3.05) is 234 Å². The largest absolute Gasteiger partial charge is 0.395 e. The van der Waals surface area contributed by atoms with E-state index in [0.717, 1.165) is 229 Å². The van der Waals surface area contributed by atoms with E-state index in [1.165, 1.54) is 44.7 Å². The molecule has 0 saturated carbocycles. The molecule has 18 rings (SSSR count). The number of aliphatic hydroxyl groups excluding tert-OH is 2. The van der Waals surface area contributed by atoms with E-state index >= 15 is 0 Å². The number of hydrogen-bond acceptors (Lipinski definition) is 30. The number of pyridine rings is 3. The number of nitro benzene ring substituents is 1. The number of fused-ring (bicyclic) bond motifs is 3. The third kappa shape index (κ3) is 41.2. The smallest absolute Gasteiger partial charge is 0.394 e. The van der Waals surface area contributed by atoms with Crippen LogP contribution in [0.4, 0.5) is 23.1 Å². The fraction of sp³-hybridized carbons (Fsp3) is 0.438. The van der Waals surface area contributed by atoms with Crippen molar-refractivity contribution in [1.82, 2.24) is 70.5 Å². The van der Waals surface area contributed by atoms with E-state index in [1.807, 2.05) is 65.6 Å². The number of nitro groups is 1. The third-order valence-electron chi connectivity index (χ3n) is 24.8. The van der Waals surface area contributed by atoms with Gasteiger partial charge >= 0.3 is 10.4 Å². The Balaban J connectivity index is 0.000000203. The molecule has 7 fully saturated rings. The summed E-state index contributed by atoms with van der Waals surface area (Å²) in [6, 6.07) is 87.8. The summed E-state index contributed by atoms with van der Waals surface area (Å²) in [7, 11) is 4.00. The second kappa shape index (κ2) is 65.1. The van der Waals surface area contributed by atoms with Crippen molar-refractivity contribution in [3.05, 3.63) is 303 Å². The number of ether oxygens (including phenoxy) is 5. The highest BCUT2D eigenvalue weighted by molar-refractivity contribution is 7.79. The highest BCUT2D eigenvalue weighted by Gasteiger charge is 2.32. The Kier molecular flexibility index (Phi) is 53.2. The Morgan fingerprint density at radius 2 is 0.694 bits per heavy atom. The van der Waals surface area contributed by atoms with Crippen molar-refractivity contribution >= 4 is 92.6 Å². The van der Waals surface area contributed by atoms with E-state index in [9.17, 15) is 24.8 Å². The minimum absolute atomic E-state index is 0. The molecule has 8 aromatic carbocycles. The molecule has 0 bridgehead atoms. The summed E-state index contributed by atoms with van der Waals surface area (Å²) < 4.78 is 58.1. The van der Waals surface area contributed by atoms with E-state index in [-0.39, 0.29) is 64.0 Å². The molecule has 0 unspecified atom stereocenters. The van der Waals surface area contributed by atoms with E-state index in [0.29, 0.717) is 44.5 Å². The lowest BCUT2D eigenvalue weighted by atomic mass is 10.1. The van der Waals surface area contributed by atoms with Gasteiger partial charge in [-0.1, -0.05) is 195 Å². The van der Waals surface area contributed by atoms with Gasteiger partial charge in [-0.15, -0.1) is 10.1 Å². The van der Waals surface area contributed by atoms with Gasteiger partial charge in [-0.25, -0.2) is 15.0 Å². The fourth-order valence-corrected chi connectivity index (χ4v) is 18.0. The first-order chi connectivity index (χ1) is 69.1. The number of methoxy groups -OCH3 is 5. The predicted molar refractivity (Wildman–Crippen MR) is 570 cm³/mol. The fourth-order valence-electron chi connectivity index (χ4n) is 18.0. The van der Waals surface area contributed by atoms with Crippen LogP contribution in [-0.2, 0) is 76.4 Å². The molecule has 7 aliphatic rings. The van der Waals surface area contributed by atoms with E-state index in [2.05, 4.69) is 241 Å². The summed E-state index contributed by atoms with van der Waals surface area (Å²) in [6.45, 7) is 28.2. The number of para-hydroxylation sites is 2. The molecule has 11 aromatic rings. The summed E-state index contributed by atoms with van der Waals surface area (Å²) in [5, 5.41) is 59.5. The van der Waals surface area contributed by atoms with Gasteiger partial charge < -0.3 is 84.9 Å². The normalized spacial score (nSPS) is 19.3. The number of benzene rings is 8. The van der Waals surface area contributed by atoms with Gasteiger partial charge in [0.2, 0.25) is 12.8 Å². The monoisotopic (exact) mass is 2030 g/mol. The molecule has 782 valence electrons. The summed E-state index contributed by atoms with van der Waals surface area (Å²) in [5.41, 5.74) is 9.62. The number of amides is 2. The van der Waals surface area contributed by atoms with Crippen molar-refractivity contribution in [3.63, 3.8) is 0 Å². The van der Waals surface area contributed by atoms with Crippen molar-refractivity contribution < 1.29 is 76.2 Å². The molecule has 0 radical (unpaired) electrons. The molecular formula is C105H147N19O18S2. The molecule has 37 nitrogen and oxygen atoms in total. The van der Waals surface area contributed by atoms with Crippen LogP contribution in [0.5, 0.6) is 0 Å². The van der Waals surface area contributed by atoms with Crippen LogP contribution in [0.1, 0.15) is 35.2 Å². The molecule has 3 aromatic heterocycles. The van der Waals surface area contributed by atoms with Crippen LogP contribution in [0.3, 0.4) is 0 Å². The number of nitrogens with one attached hydrogen (secondary N) is 4. The van der Waals surface area contributed by atoms with Gasteiger partial charge in [-0.3, -0.25) is 53.3 Å². The van der Waals surface area contributed by atoms with Gasteiger partial charge in [0.25, 0.3) is 10.8 Å². The molecule has 7 aliphatic heterocycles. The van der Waals surface area contributed by atoms with Gasteiger partial charge in [0.15, 0.2) is 0 Å². The maximum atomic E-state index is 11.0. The lowest BCUT2D eigenvalue weighted by Crippen LogP contribution is -2.55. The molecule has 10 heterocycles. The number of aromatic nitrogens is 3. The number of carbonyl (C=O) groups excluding carboxylic acids is 2. The van der Waals surface area contributed by atoms with Crippen molar-refractivity contribution in [2.24, 2.45) is 0 Å². The van der Waals surface area contributed by atoms with Crippen LogP contribution in [0.25, 0.3) is 32.7 Å². The summed E-state index contributed by atoms with van der Waals surface area (Å²) in [4.78, 5) is 77.4. The Morgan fingerprint density at radius 1 is 0.375 bits per heavy atom. The average Bonchev–Trinajstić information content (AvgIpc) is 0.794. The number of rotatable bonds is 28. The highest BCUT2D eigenvalue weighted by Crippen LogP contribution is 2.28. The van der Waals surface area contributed by atoms with Crippen LogP contribution in [0, 0.1) is 20.2 Å². The average molecular weight is 2030 g/mol. The highest BCUT2D eigenvalue weighted by atomic mass is 32.3. The van der Waals surface area contributed by atoms with Crippen LogP contribution in [0.15, 0.2) is 255 Å². The quantitative estimate of drug-likeness (QED) is 0.00953. The van der Waals surface area contributed by atoms with Gasteiger partial charge in [-0.2, -0.15) is 21.9 Å². The van der Waals surface area contributed by atoms with Crippen molar-refractivity contribution in [1.29, 1.82) is 0 Å². The van der Waals surface area contributed by atoms with Gasteiger partial charge in [-0.05, 0) is 82.4 Å². The summed E-state index contributed by atoms with van der Waals surface area (Å²) in [5.74, 6) is 2.97. The standard InChI is InChI=1S/C22H25N3O.C15H18N4O3.C15H19N3O.C14H20N2O2.C13H18N2O2.C13H20N2O.C12H18N2O.CH4.HNO3.H2O4S.H2S/c1-26-17-20-16-24(15-18-7-3-2-4-8-18)13-14-25(20)22-12-11-19-9-5-6-10-21(19)23-22;1-22-10-13-9-16-6-7-18(13)15-5-2-11-8-12(19(20)21)3-4-14(11)17-15;1-19-11-13-10-16-8-9-18(13)15-7-6-12-4-2-3-5-14(12)17-15;1-18-11-14-10-15(7-8-16(14)12-17)9-13-5-3-2-4-6-13;16-10-13-9-14(6-7-15(13)11-17)8-12-4-2-1-3-5-12;1-16-11-13-10-15(8-7-14-13)9-12-5-3-2-4-6-12;15-10-12-9-14(7-6-13-12)8-11-4-2-1-3-5-11;;2-1(3)4;1-5(2,3)4;/h2-12,20H,13-17H2,1H3;2-5,8,13,16H,6-7,9-10H2,1H3;2-7,13,16H,8-11H2,1H3;2-6,12,14H,7-11H2,1H3;1-5,11,13,16H,6-10H2;2-6,13-14H,7-11H2,1H3;1-5,12-13,15H,6-10H2;1H4;(H,2,3,4);(H2,1,2,3,4);1H2/t20-;2*13-;14-;2*13-;12-;;;;/m0000000..../s1. The zero-order valence-corrected chi connectivity index (χ0v) is 84.3. The molecular weight excluding hydrogens is 1880 g/mol. The first-order valence-corrected chi connectivity index (χ1v) is 49.3. The van der Waals surface area contributed by atoms with Crippen LogP contribution in [0.2, 0.25) is 0 Å².